The number of likely N-dealkylation sites (tertiary alicyclic amines) is 1. The number of aryl methyl sites for hydroxylation is 1. The molecule has 22 heavy (non-hydrogen) atoms. The molecule has 2 rings (SSSR count). The summed E-state index contributed by atoms with van der Waals surface area (Å²) in [6, 6.07) is 0. The minimum atomic E-state index is -0.0805. The number of thiazole rings is 1. The van der Waals surface area contributed by atoms with Gasteiger partial charge in [-0.3, -0.25) is 14.5 Å². The summed E-state index contributed by atoms with van der Waals surface area (Å²) in [4.78, 5) is 32.7. The second kappa shape index (κ2) is 7.69. The first-order chi connectivity index (χ1) is 10.5. The van der Waals surface area contributed by atoms with E-state index in [9.17, 15) is 9.59 Å². The molecule has 1 N–H and O–H groups in total. The number of hydrogen-bond donors (Lipinski definition) is 1. The van der Waals surface area contributed by atoms with Crippen LogP contribution in [0.15, 0.2) is 0 Å². The van der Waals surface area contributed by atoms with E-state index < -0.39 is 0 Å². The van der Waals surface area contributed by atoms with Gasteiger partial charge in [-0.2, -0.15) is 0 Å². The lowest BCUT2D eigenvalue weighted by Crippen LogP contribution is -2.33. The molecule has 0 unspecified atom stereocenters. The minimum absolute atomic E-state index is 0.0560. The Kier molecular flexibility index (Phi) is 5.90. The fourth-order valence-corrected chi connectivity index (χ4v) is 3.51. The monoisotopic (exact) mass is 324 g/mol. The van der Waals surface area contributed by atoms with E-state index in [2.05, 4.69) is 15.2 Å². The third kappa shape index (κ3) is 4.51. The molecule has 0 bridgehead atoms. The lowest BCUT2D eigenvalue weighted by atomic mass is 10.2. The van der Waals surface area contributed by atoms with Crippen LogP contribution in [0.3, 0.4) is 0 Å². The molecule has 1 aromatic heterocycles. The molecule has 7 heteroatoms. The summed E-state index contributed by atoms with van der Waals surface area (Å²) in [6.45, 7) is 4.15. The lowest BCUT2D eigenvalue weighted by molar-refractivity contribution is -0.117. The maximum Gasteiger partial charge on any atom is 0.265 e. The van der Waals surface area contributed by atoms with Gasteiger partial charge in [0.15, 0.2) is 5.13 Å². The molecule has 6 nitrogen and oxygen atoms in total. The van der Waals surface area contributed by atoms with Crippen molar-refractivity contribution in [2.45, 2.75) is 32.6 Å². The van der Waals surface area contributed by atoms with E-state index in [1.807, 2.05) is 0 Å². The van der Waals surface area contributed by atoms with Crippen molar-refractivity contribution in [3.63, 3.8) is 0 Å². The molecule has 0 aliphatic carbocycles. The number of carbonyl (C=O) groups is 2. The van der Waals surface area contributed by atoms with E-state index in [4.69, 9.17) is 0 Å². The topological polar surface area (TPSA) is 65.5 Å². The quantitative estimate of drug-likeness (QED) is 0.919. The predicted octanol–water partition coefficient (Wildman–Crippen LogP) is 1.97. The number of hydrogen-bond acceptors (Lipinski definition) is 5. The van der Waals surface area contributed by atoms with Gasteiger partial charge in [-0.05, 0) is 32.9 Å². The number of nitrogens with zero attached hydrogens (tertiary/aromatic N) is 3. The third-order valence-electron chi connectivity index (χ3n) is 3.71. The van der Waals surface area contributed by atoms with Crippen LogP contribution >= 0.6 is 11.3 Å². The van der Waals surface area contributed by atoms with Crippen LogP contribution in [0.4, 0.5) is 5.13 Å². The number of nitrogens with one attached hydrogen (secondary N) is 1. The fourth-order valence-electron chi connectivity index (χ4n) is 2.51. The van der Waals surface area contributed by atoms with Crippen molar-refractivity contribution in [3.05, 3.63) is 10.6 Å². The van der Waals surface area contributed by atoms with Crippen LogP contribution in [0.25, 0.3) is 0 Å². The van der Waals surface area contributed by atoms with E-state index in [0.717, 1.165) is 25.9 Å². The van der Waals surface area contributed by atoms with Gasteiger partial charge >= 0.3 is 0 Å². The molecule has 1 aliphatic rings. The molecule has 2 heterocycles. The van der Waals surface area contributed by atoms with Crippen molar-refractivity contribution in [3.8, 4) is 0 Å². The first-order valence-electron chi connectivity index (χ1n) is 7.68. The number of rotatable bonds is 4. The lowest BCUT2D eigenvalue weighted by Gasteiger charge is -2.18. The van der Waals surface area contributed by atoms with Crippen molar-refractivity contribution in [1.82, 2.24) is 14.8 Å². The average molecular weight is 324 g/mol. The Morgan fingerprint density at radius 3 is 2.45 bits per heavy atom. The van der Waals surface area contributed by atoms with Gasteiger partial charge in [0.25, 0.3) is 5.91 Å². The van der Waals surface area contributed by atoms with Gasteiger partial charge in [-0.1, -0.05) is 24.2 Å². The number of amides is 2. The van der Waals surface area contributed by atoms with Gasteiger partial charge in [-0.25, -0.2) is 4.98 Å². The van der Waals surface area contributed by atoms with E-state index >= 15 is 0 Å². The third-order valence-corrected chi connectivity index (χ3v) is 4.77. The summed E-state index contributed by atoms with van der Waals surface area (Å²) in [5, 5.41) is 3.32. The SMILES string of the molecule is Cc1nc(NC(=O)CN2CCCCCC2)sc1C(=O)N(C)C. The van der Waals surface area contributed by atoms with Gasteiger partial charge in [0.05, 0.1) is 12.2 Å². The highest BCUT2D eigenvalue weighted by atomic mass is 32.1. The first-order valence-corrected chi connectivity index (χ1v) is 8.50. The minimum Gasteiger partial charge on any atom is -0.344 e. The summed E-state index contributed by atoms with van der Waals surface area (Å²) < 4.78 is 0. The molecule has 2 amide bonds. The maximum absolute atomic E-state index is 12.1. The molecule has 0 radical (unpaired) electrons. The largest absolute Gasteiger partial charge is 0.344 e. The highest BCUT2D eigenvalue weighted by molar-refractivity contribution is 7.17. The van der Waals surface area contributed by atoms with Crippen LogP contribution in [0.5, 0.6) is 0 Å². The van der Waals surface area contributed by atoms with E-state index in [1.54, 1.807) is 21.0 Å². The molecule has 1 saturated heterocycles. The second-order valence-corrected chi connectivity index (χ2v) is 6.87. The van der Waals surface area contributed by atoms with E-state index in [1.165, 1.54) is 29.1 Å². The molecule has 1 fully saturated rings. The van der Waals surface area contributed by atoms with Crippen molar-refractivity contribution >= 4 is 28.3 Å². The Morgan fingerprint density at radius 2 is 1.86 bits per heavy atom. The van der Waals surface area contributed by atoms with Crippen LogP contribution in [-0.4, -0.2) is 60.3 Å². The summed E-state index contributed by atoms with van der Waals surface area (Å²) in [7, 11) is 3.41. The smallest absolute Gasteiger partial charge is 0.265 e. The van der Waals surface area contributed by atoms with E-state index in [-0.39, 0.29) is 11.8 Å². The standard InChI is InChI=1S/C15H24N4O2S/c1-11-13(14(21)18(2)3)22-15(16-11)17-12(20)10-19-8-6-4-5-7-9-19/h4-10H2,1-3H3,(H,16,17,20). The van der Waals surface area contributed by atoms with Crippen LogP contribution in [0, 0.1) is 6.92 Å². The Hall–Kier alpha value is -1.47. The zero-order chi connectivity index (χ0) is 16.1. The predicted molar refractivity (Wildman–Crippen MR) is 88.4 cm³/mol. The molecule has 0 aromatic carbocycles. The summed E-state index contributed by atoms with van der Waals surface area (Å²) in [5.74, 6) is -0.137. The molecular formula is C15H24N4O2S. The molecule has 0 saturated carbocycles. The maximum atomic E-state index is 12.1. The molecule has 1 aromatic rings. The van der Waals surface area contributed by atoms with Gasteiger partial charge in [0, 0.05) is 14.1 Å². The van der Waals surface area contributed by atoms with Gasteiger partial charge < -0.3 is 10.2 Å². The van der Waals surface area contributed by atoms with Gasteiger partial charge in [-0.15, -0.1) is 0 Å². The zero-order valence-corrected chi connectivity index (χ0v) is 14.3. The zero-order valence-electron chi connectivity index (χ0n) is 13.5. The van der Waals surface area contributed by atoms with Crippen molar-refractivity contribution in [2.24, 2.45) is 0 Å². The molecule has 0 spiro atoms. The van der Waals surface area contributed by atoms with Crippen LogP contribution < -0.4 is 5.32 Å². The molecule has 122 valence electrons. The second-order valence-electron chi connectivity index (χ2n) is 5.87. The van der Waals surface area contributed by atoms with Gasteiger partial charge in [0.1, 0.15) is 4.88 Å². The Balaban J connectivity index is 1.94. The highest BCUT2D eigenvalue weighted by Crippen LogP contribution is 2.23. The first kappa shape index (κ1) is 16.9. The molecule has 0 atom stereocenters. The number of anilines is 1. The Labute approximate surface area is 135 Å². The Bertz CT molecular complexity index is 534. The average Bonchev–Trinajstić information content (AvgIpc) is 2.65. The summed E-state index contributed by atoms with van der Waals surface area (Å²) >= 11 is 1.24. The summed E-state index contributed by atoms with van der Waals surface area (Å²) in [6.07, 6.45) is 4.82. The van der Waals surface area contributed by atoms with Crippen molar-refractivity contribution in [1.29, 1.82) is 0 Å². The van der Waals surface area contributed by atoms with Crippen LogP contribution in [0.2, 0.25) is 0 Å². The summed E-state index contributed by atoms with van der Waals surface area (Å²) in [5.41, 5.74) is 0.661. The number of carbonyl (C=O) groups excluding carboxylic acids is 2. The molecular weight excluding hydrogens is 300 g/mol. The molecule has 1 aliphatic heterocycles. The normalized spacial score (nSPS) is 16.1. The van der Waals surface area contributed by atoms with Crippen LogP contribution in [-0.2, 0) is 4.79 Å². The van der Waals surface area contributed by atoms with Crippen LogP contribution in [0.1, 0.15) is 41.0 Å². The van der Waals surface area contributed by atoms with Crippen molar-refractivity contribution < 1.29 is 9.59 Å². The van der Waals surface area contributed by atoms with Crippen molar-refractivity contribution in [2.75, 3.05) is 39.0 Å². The Morgan fingerprint density at radius 1 is 1.23 bits per heavy atom. The van der Waals surface area contributed by atoms with Gasteiger partial charge in [0.2, 0.25) is 5.91 Å². The van der Waals surface area contributed by atoms with E-state index in [0.29, 0.717) is 22.2 Å². The number of aromatic nitrogens is 1. The highest BCUT2D eigenvalue weighted by Gasteiger charge is 2.19. The fraction of sp³-hybridized carbons (Fsp3) is 0.667.